The number of anilines is 1. The predicted octanol–water partition coefficient (Wildman–Crippen LogP) is 1.04. The summed E-state index contributed by atoms with van der Waals surface area (Å²) in [4.78, 5) is 17.8. The Morgan fingerprint density at radius 2 is 2.22 bits per heavy atom. The van der Waals surface area contributed by atoms with Gasteiger partial charge < -0.3 is 15.3 Å². The lowest BCUT2D eigenvalue weighted by molar-refractivity contribution is 0.0951. The molecule has 1 aromatic heterocycles. The van der Waals surface area contributed by atoms with E-state index in [0.29, 0.717) is 18.8 Å². The van der Waals surface area contributed by atoms with Crippen LogP contribution in [0.2, 0.25) is 0 Å². The van der Waals surface area contributed by atoms with Gasteiger partial charge in [0.2, 0.25) is 0 Å². The van der Waals surface area contributed by atoms with E-state index in [4.69, 9.17) is 5.11 Å². The molecule has 0 radical (unpaired) electrons. The molecule has 0 saturated heterocycles. The molecule has 0 unspecified atom stereocenters. The van der Waals surface area contributed by atoms with E-state index in [2.05, 4.69) is 17.2 Å². The Balaban J connectivity index is 2.87. The van der Waals surface area contributed by atoms with Crippen molar-refractivity contribution in [3.8, 4) is 0 Å². The van der Waals surface area contributed by atoms with Crippen molar-refractivity contribution in [2.75, 3.05) is 31.1 Å². The minimum Gasteiger partial charge on any atom is -0.395 e. The predicted molar refractivity (Wildman–Crippen MR) is 71.8 cm³/mol. The minimum atomic E-state index is -0.167. The summed E-state index contributed by atoms with van der Waals surface area (Å²) >= 11 is 0. The fourth-order valence-electron chi connectivity index (χ4n) is 1.75. The molecule has 0 aliphatic heterocycles. The molecule has 1 aromatic rings. The number of amides is 1. The van der Waals surface area contributed by atoms with Gasteiger partial charge in [-0.1, -0.05) is 6.92 Å². The van der Waals surface area contributed by atoms with E-state index in [0.717, 1.165) is 18.7 Å². The molecular weight excluding hydrogens is 230 g/mol. The van der Waals surface area contributed by atoms with Gasteiger partial charge in [-0.25, -0.2) is 0 Å². The van der Waals surface area contributed by atoms with Crippen LogP contribution in [0.3, 0.4) is 0 Å². The maximum absolute atomic E-state index is 11.7. The Bertz CT molecular complexity index is 376. The van der Waals surface area contributed by atoms with Gasteiger partial charge in [0.25, 0.3) is 5.91 Å². The van der Waals surface area contributed by atoms with E-state index >= 15 is 0 Å². The third kappa shape index (κ3) is 4.00. The molecule has 0 fully saturated rings. The second kappa shape index (κ2) is 7.66. The minimum absolute atomic E-state index is 0.0960. The first kappa shape index (κ1) is 14.4. The summed E-state index contributed by atoms with van der Waals surface area (Å²) in [7, 11) is 0. The van der Waals surface area contributed by atoms with Crippen LogP contribution >= 0.6 is 0 Å². The Labute approximate surface area is 108 Å². The Morgan fingerprint density at radius 1 is 1.44 bits per heavy atom. The lowest BCUT2D eigenvalue weighted by atomic mass is 10.2. The molecule has 1 rings (SSSR count). The highest BCUT2D eigenvalue weighted by Gasteiger charge is 2.10. The number of hydrogen-bond donors (Lipinski definition) is 2. The van der Waals surface area contributed by atoms with Crippen LogP contribution in [0.4, 0.5) is 5.69 Å². The molecule has 1 amide bonds. The van der Waals surface area contributed by atoms with Crippen molar-refractivity contribution in [2.45, 2.75) is 20.3 Å². The topological polar surface area (TPSA) is 65.5 Å². The van der Waals surface area contributed by atoms with Crippen LogP contribution in [0, 0.1) is 0 Å². The molecule has 1 heterocycles. The first-order valence-electron chi connectivity index (χ1n) is 6.33. The molecule has 18 heavy (non-hydrogen) atoms. The molecule has 0 bridgehead atoms. The molecule has 0 aliphatic carbocycles. The molecule has 5 heteroatoms. The van der Waals surface area contributed by atoms with Gasteiger partial charge in [-0.3, -0.25) is 9.78 Å². The van der Waals surface area contributed by atoms with Gasteiger partial charge in [0.15, 0.2) is 0 Å². The van der Waals surface area contributed by atoms with Crippen molar-refractivity contribution >= 4 is 11.6 Å². The lowest BCUT2D eigenvalue weighted by Crippen LogP contribution is -2.28. The Hall–Kier alpha value is -1.62. The number of hydrogen-bond acceptors (Lipinski definition) is 4. The van der Waals surface area contributed by atoms with Crippen LogP contribution in [0.1, 0.15) is 30.8 Å². The summed E-state index contributed by atoms with van der Waals surface area (Å²) in [6.45, 7) is 6.04. The van der Waals surface area contributed by atoms with Gasteiger partial charge >= 0.3 is 0 Å². The summed E-state index contributed by atoms with van der Waals surface area (Å²) in [5.74, 6) is -0.167. The van der Waals surface area contributed by atoms with Crippen molar-refractivity contribution in [3.63, 3.8) is 0 Å². The van der Waals surface area contributed by atoms with Crippen LogP contribution in [0.5, 0.6) is 0 Å². The highest BCUT2D eigenvalue weighted by Crippen LogP contribution is 2.14. The molecule has 0 aliphatic rings. The monoisotopic (exact) mass is 251 g/mol. The number of pyridine rings is 1. The molecule has 0 aromatic carbocycles. The number of aromatic nitrogens is 1. The standard InChI is InChI=1S/C13H21N3O2/c1-3-7-16(8-9-17)11-5-6-15-12(10-11)13(18)14-4-2/h5-6,10,17H,3-4,7-9H2,1-2H3,(H,14,18). The van der Waals surface area contributed by atoms with Crippen molar-refractivity contribution in [2.24, 2.45) is 0 Å². The number of rotatable bonds is 7. The highest BCUT2D eigenvalue weighted by molar-refractivity contribution is 5.93. The van der Waals surface area contributed by atoms with Gasteiger partial charge in [0, 0.05) is 31.5 Å². The summed E-state index contributed by atoms with van der Waals surface area (Å²) in [6.07, 6.45) is 2.61. The lowest BCUT2D eigenvalue weighted by Gasteiger charge is -2.23. The molecule has 2 N–H and O–H groups in total. The Morgan fingerprint density at radius 3 is 2.83 bits per heavy atom. The average molecular weight is 251 g/mol. The van der Waals surface area contributed by atoms with Crippen molar-refractivity contribution in [1.29, 1.82) is 0 Å². The van der Waals surface area contributed by atoms with Crippen molar-refractivity contribution < 1.29 is 9.90 Å². The quantitative estimate of drug-likeness (QED) is 0.760. The summed E-state index contributed by atoms with van der Waals surface area (Å²) < 4.78 is 0. The van der Waals surface area contributed by atoms with Crippen LogP contribution in [0.25, 0.3) is 0 Å². The van der Waals surface area contributed by atoms with Gasteiger partial charge in [-0.15, -0.1) is 0 Å². The molecule has 0 saturated carbocycles. The number of nitrogens with zero attached hydrogens (tertiary/aromatic N) is 2. The molecule has 0 atom stereocenters. The van der Waals surface area contributed by atoms with Crippen LogP contribution in [-0.2, 0) is 0 Å². The molecule has 0 spiro atoms. The van der Waals surface area contributed by atoms with Gasteiger partial charge in [-0.05, 0) is 25.5 Å². The average Bonchev–Trinajstić information content (AvgIpc) is 2.39. The van der Waals surface area contributed by atoms with E-state index < -0.39 is 0 Å². The van der Waals surface area contributed by atoms with Crippen LogP contribution in [0.15, 0.2) is 18.3 Å². The van der Waals surface area contributed by atoms with Crippen molar-refractivity contribution in [1.82, 2.24) is 10.3 Å². The molecule has 5 nitrogen and oxygen atoms in total. The SMILES string of the molecule is CCCN(CCO)c1ccnc(C(=O)NCC)c1. The zero-order valence-electron chi connectivity index (χ0n) is 11.0. The smallest absolute Gasteiger partial charge is 0.269 e. The van der Waals surface area contributed by atoms with Gasteiger partial charge in [0.1, 0.15) is 5.69 Å². The summed E-state index contributed by atoms with van der Waals surface area (Å²) in [5, 5.41) is 11.8. The maximum atomic E-state index is 11.7. The van der Waals surface area contributed by atoms with E-state index in [-0.39, 0.29) is 12.5 Å². The number of aliphatic hydroxyl groups is 1. The van der Waals surface area contributed by atoms with E-state index in [1.165, 1.54) is 0 Å². The van der Waals surface area contributed by atoms with Gasteiger partial charge in [0.05, 0.1) is 6.61 Å². The molecular formula is C13H21N3O2. The van der Waals surface area contributed by atoms with E-state index in [1.807, 2.05) is 17.9 Å². The zero-order chi connectivity index (χ0) is 13.4. The first-order valence-corrected chi connectivity index (χ1v) is 6.33. The first-order chi connectivity index (χ1) is 8.72. The van der Waals surface area contributed by atoms with E-state index in [9.17, 15) is 4.79 Å². The van der Waals surface area contributed by atoms with Crippen LogP contribution in [-0.4, -0.2) is 42.2 Å². The third-order valence-corrected chi connectivity index (χ3v) is 2.54. The fraction of sp³-hybridized carbons (Fsp3) is 0.538. The maximum Gasteiger partial charge on any atom is 0.269 e. The van der Waals surface area contributed by atoms with Crippen LogP contribution < -0.4 is 10.2 Å². The summed E-state index contributed by atoms with van der Waals surface area (Å²) in [6, 6.07) is 3.62. The Kier molecular flexibility index (Phi) is 6.14. The second-order valence-electron chi connectivity index (χ2n) is 3.97. The number of aliphatic hydroxyl groups excluding tert-OH is 1. The fourth-order valence-corrected chi connectivity index (χ4v) is 1.75. The second-order valence-corrected chi connectivity index (χ2v) is 3.97. The summed E-state index contributed by atoms with van der Waals surface area (Å²) in [5.41, 5.74) is 1.33. The van der Waals surface area contributed by atoms with Crippen molar-refractivity contribution in [3.05, 3.63) is 24.0 Å². The third-order valence-electron chi connectivity index (χ3n) is 2.54. The number of carbonyl (C=O) groups is 1. The molecule has 100 valence electrons. The van der Waals surface area contributed by atoms with E-state index in [1.54, 1.807) is 12.3 Å². The normalized spacial score (nSPS) is 10.2. The highest BCUT2D eigenvalue weighted by atomic mass is 16.3. The number of carbonyl (C=O) groups excluding carboxylic acids is 1. The largest absolute Gasteiger partial charge is 0.395 e. The number of nitrogens with one attached hydrogen (secondary N) is 1. The zero-order valence-corrected chi connectivity index (χ0v) is 11.0. The van der Waals surface area contributed by atoms with Gasteiger partial charge in [-0.2, -0.15) is 0 Å².